The molecule has 0 saturated carbocycles. The van der Waals surface area contributed by atoms with E-state index in [-0.39, 0.29) is 5.91 Å². The molecule has 1 aromatic rings. The molecule has 0 saturated heterocycles. The molecule has 96 valence electrons. The van der Waals surface area contributed by atoms with E-state index in [2.05, 4.69) is 23.6 Å². The molecular formula is C13H18N2OPS+. The molecule has 18 heavy (non-hydrogen) atoms. The highest BCUT2D eigenvalue weighted by Crippen LogP contribution is 2.55. The van der Waals surface area contributed by atoms with Gasteiger partial charge in [-0.15, -0.1) is 0 Å². The molecule has 0 aliphatic rings. The van der Waals surface area contributed by atoms with Crippen molar-refractivity contribution in [1.29, 1.82) is 5.26 Å². The van der Waals surface area contributed by atoms with E-state index in [1.807, 2.05) is 27.2 Å². The SMILES string of the molecule is Cc1cc(C#N)cc(C)c1NC(=O)C[P+](C)(C)S. The van der Waals surface area contributed by atoms with Crippen LogP contribution in [0.1, 0.15) is 16.7 Å². The summed E-state index contributed by atoms with van der Waals surface area (Å²) in [5.74, 6) is -0.0146. The third kappa shape index (κ3) is 4.33. The standard InChI is InChI=1S/C13H17N2OPS/c1-9-5-11(7-14)6-10(2)13(9)15-12(16)8-17(3,4)18/h5-6,18H,8H2,1-4H3/p+1. The number of hydrogen-bond donors (Lipinski definition) is 2. The number of amides is 1. The average molecular weight is 281 g/mol. The van der Waals surface area contributed by atoms with Gasteiger partial charge in [-0.05, 0) is 37.1 Å². The van der Waals surface area contributed by atoms with Crippen LogP contribution in [-0.2, 0) is 4.79 Å². The van der Waals surface area contributed by atoms with Crippen LogP contribution in [0.2, 0.25) is 0 Å². The van der Waals surface area contributed by atoms with Crippen molar-refractivity contribution in [2.24, 2.45) is 0 Å². The summed E-state index contributed by atoms with van der Waals surface area (Å²) >= 11 is 4.45. The van der Waals surface area contributed by atoms with Gasteiger partial charge in [0.15, 0.2) is 0 Å². The zero-order valence-corrected chi connectivity index (χ0v) is 12.9. The fraction of sp³-hybridized carbons (Fsp3) is 0.385. The summed E-state index contributed by atoms with van der Waals surface area (Å²) in [6, 6.07) is 5.67. The highest BCUT2D eigenvalue weighted by molar-refractivity contribution is 8.52. The summed E-state index contributed by atoms with van der Waals surface area (Å²) < 4.78 is 0. The summed E-state index contributed by atoms with van der Waals surface area (Å²) in [7, 11) is 0. The first-order valence-corrected chi connectivity index (χ1v) is 9.62. The summed E-state index contributed by atoms with van der Waals surface area (Å²) in [5, 5.41) is 11.8. The topological polar surface area (TPSA) is 52.9 Å². The van der Waals surface area contributed by atoms with Gasteiger partial charge < -0.3 is 5.32 Å². The Bertz CT molecular complexity index is 492. The van der Waals surface area contributed by atoms with Gasteiger partial charge in [0.1, 0.15) is 6.16 Å². The molecule has 0 bridgehead atoms. The van der Waals surface area contributed by atoms with Gasteiger partial charge in [-0.25, -0.2) is 0 Å². The zero-order chi connectivity index (χ0) is 13.9. The third-order valence-electron chi connectivity index (χ3n) is 2.46. The molecule has 0 unspecified atom stereocenters. The summed E-state index contributed by atoms with van der Waals surface area (Å²) in [6.07, 6.45) is 0.453. The second kappa shape index (κ2) is 5.73. The van der Waals surface area contributed by atoms with E-state index in [1.54, 1.807) is 12.1 Å². The van der Waals surface area contributed by atoms with Crippen LogP contribution in [0.4, 0.5) is 5.69 Å². The molecule has 0 spiro atoms. The molecule has 0 radical (unpaired) electrons. The Labute approximate surface area is 114 Å². The lowest BCUT2D eigenvalue weighted by molar-refractivity contribution is -0.113. The number of nitrogens with one attached hydrogen (secondary N) is 1. The molecule has 1 rings (SSSR count). The molecule has 0 heterocycles. The number of carbonyl (C=O) groups is 1. The van der Waals surface area contributed by atoms with Crippen LogP contribution in [0.3, 0.4) is 0 Å². The molecule has 3 nitrogen and oxygen atoms in total. The number of hydrogen-bond acceptors (Lipinski definition) is 3. The second-order valence-electron chi connectivity index (χ2n) is 4.92. The highest BCUT2D eigenvalue weighted by Gasteiger charge is 2.24. The summed E-state index contributed by atoms with van der Waals surface area (Å²) in [6.45, 7) is 6.38. The highest BCUT2D eigenvalue weighted by atomic mass is 32.7. The molecule has 0 aliphatic heterocycles. The molecule has 0 aliphatic carbocycles. The molecule has 0 atom stereocenters. The molecule has 0 fully saturated rings. The van der Waals surface area contributed by atoms with Crippen LogP contribution >= 0.6 is 18.7 Å². The Balaban J connectivity index is 2.93. The maximum absolute atomic E-state index is 11.9. The van der Waals surface area contributed by atoms with Crippen molar-refractivity contribution < 1.29 is 4.79 Å². The Morgan fingerprint density at radius 2 is 1.89 bits per heavy atom. The number of nitriles is 1. The van der Waals surface area contributed by atoms with Crippen LogP contribution in [-0.4, -0.2) is 25.4 Å². The fourth-order valence-corrected chi connectivity index (χ4v) is 2.92. The molecule has 1 aromatic carbocycles. The van der Waals surface area contributed by atoms with Crippen LogP contribution in [0, 0.1) is 25.2 Å². The van der Waals surface area contributed by atoms with E-state index in [0.717, 1.165) is 16.8 Å². The first-order valence-electron chi connectivity index (χ1n) is 5.60. The minimum Gasteiger partial charge on any atom is -0.322 e. The Hall–Kier alpha value is -1.04. The molecule has 1 amide bonds. The van der Waals surface area contributed by atoms with Gasteiger partial charge in [-0.1, -0.05) is 0 Å². The van der Waals surface area contributed by atoms with Crippen LogP contribution in [0.25, 0.3) is 0 Å². The van der Waals surface area contributed by atoms with E-state index in [9.17, 15) is 4.79 Å². The van der Waals surface area contributed by atoms with Gasteiger partial charge in [0.05, 0.1) is 31.4 Å². The fourth-order valence-electron chi connectivity index (χ4n) is 1.76. The van der Waals surface area contributed by atoms with Crippen molar-refractivity contribution in [2.45, 2.75) is 13.8 Å². The number of aryl methyl sites for hydroxylation is 2. The quantitative estimate of drug-likeness (QED) is 0.660. The molecule has 5 heteroatoms. The van der Waals surface area contributed by atoms with E-state index < -0.39 is 6.46 Å². The third-order valence-corrected chi connectivity index (χ3v) is 3.94. The first-order chi connectivity index (χ1) is 8.23. The van der Waals surface area contributed by atoms with Gasteiger partial charge in [0.25, 0.3) is 5.91 Å². The smallest absolute Gasteiger partial charge is 0.262 e. The number of rotatable bonds is 3. The van der Waals surface area contributed by atoms with Crippen LogP contribution in [0.15, 0.2) is 12.1 Å². The number of carbonyl (C=O) groups excluding carboxylic acids is 1. The van der Waals surface area contributed by atoms with Gasteiger partial charge in [-0.2, -0.15) is 5.26 Å². The Morgan fingerprint density at radius 3 is 2.28 bits per heavy atom. The molecule has 0 aromatic heterocycles. The molecular weight excluding hydrogens is 263 g/mol. The number of anilines is 1. The van der Waals surface area contributed by atoms with Crippen molar-refractivity contribution in [3.05, 3.63) is 28.8 Å². The van der Waals surface area contributed by atoms with E-state index in [1.165, 1.54) is 0 Å². The van der Waals surface area contributed by atoms with Crippen molar-refractivity contribution in [3.63, 3.8) is 0 Å². The lowest BCUT2D eigenvalue weighted by Gasteiger charge is -2.14. The summed E-state index contributed by atoms with van der Waals surface area (Å²) in [5.41, 5.74) is 3.25. The lowest BCUT2D eigenvalue weighted by Crippen LogP contribution is -2.18. The van der Waals surface area contributed by atoms with Crippen molar-refractivity contribution in [2.75, 3.05) is 24.8 Å². The monoisotopic (exact) mass is 281 g/mol. The predicted octanol–water partition coefficient (Wildman–Crippen LogP) is 3.24. The van der Waals surface area contributed by atoms with E-state index >= 15 is 0 Å². The summed E-state index contributed by atoms with van der Waals surface area (Å²) in [4.78, 5) is 11.9. The number of thiol groups is 1. The van der Waals surface area contributed by atoms with Crippen LogP contribution in [0.5, 0.6) is 0 Å². The predicted molar refractivity (Wildman–Crippen MR) is 81.9 cm³/mol. The van der Waals surface area contributed by atoms with Gasteiger partial charge >= 0.3 is 0 Å². The number of benzene rings is 1. The molecule has 1 N–H and O–H groups in total. The van der Waals surface area contributed by atoms with Crippen molar-refractivity contribution >= 4 is 30.3 Å². The van der Waals surface area contributed by atoms with E-state index in [0.29, 0.717) is 11.7 Å². The number of nitrogens with zero attached hydrogens (tertiary/aromatic N) is 1. The minimum atomic E-state index is -1.42. The van der Waals surface area contributed by atoms with E-state index in [4.69, 9.17) is 5.26 Å². The average Bonchev–Trinajstić information content (AvgIpc) is 2.20. The Kier molecular flexibility index (Phi) is 4.78. The minimum absolute atomic E-state index is 0.0146. The maximum atomic E-state index is 11.9. The maximum Gasteiger partial charge on any atom is 0.262 e. The zero-order valence-electron chi connectivity index (χ0n) is 11.1. The van der Waals surface area contributed by atoms with Gasteiger partial charge in [0, 0.05) is 17.9 Å². The lowest BCUT2D eigenvalue weighted by atomic mass is 10.0. The Morgan fingerprint density at radius 1 is 1.39 bits per heavy atom. The second-order valence-corrected chi connectivity index (χ2v) is 11.7. The normalized spacial score (nSPS) is 10.9. The van der Waals surface area contributed by atoms with Crippen molar-refractivity contribution in [1.82, 2.24) is 0 Å². The largest absolute Gasteiger partial charge is 0.322 e. The van der Waals surface area contributed by atoms with Crippen molar-refractivity contribution in [3.8, 4) is 6.07 Å². The van der Waals surface area contributed by atoms with Crippen LogP contribution < -0.4 is 5.32 Å². The van der Waals surface area contributed by atoms with Gasteiger partial charge in [-0.3, -0.25) is 4.79 Å². The first kappa shape index (κ1) is 15.0. The van der Waals surface area contributed by atoms with Gasteiger partial charge in [0.2, 0.25) is 0 Å².